The molecule has 0 bridgehead atoms. The lowest BCUT2D eigenvalue weighted by Crippen LogP contribution is -2.30. The second-order valence-electron chi connectivity index (χ2n) is 26.3. The predicted molar refractivity (Wildman–Crippen MR) is 381 cm³/mol. The fourth-order valence-electron chi connectivity index (χ4n) is 11.0. The molecule has 0 rings (SSSR count). The standard InChI is InChI=1S/C75H142O17P2/c1-5-9-13-17-21-25-29-33-34-38-42-46-50-54-58-62-75(80)92-71(66-86-73(78)60-56-52-48-44-40-36-31-27-23-19-15-11-7-3)68-90-94(83,84)88-64-69(76)63-87-93(81,82)89-67-70(91-74(79)61-57-53-49-45-41-37-32-28-24-20-16-12-8-4)65-85-72(77)59-55-51-47-43-39-35-30-26-22-18-14-10-6-2/h28,32-34,69-71,76H,5-27,29-31,35-68H2,1-4H3,(H,81,82)(H,83,84)/b32-28-,34-33-/t69-,70+,71+/m0/s1. The number of hydrogen-bond donors (Lipinski definition) is 3. The Kier molecular flexibility index (Phi) is 67.2. The van der Waals surface area contributed by atoms with Crippen LogP contribution in [0.4, 0.5) is 0 Å². The van der Waals surface area contributed by atoms with Crippen molar-refractivity contribution in [2.24, 2.45) is 0 Å². The van der Waals surface area contributed by atoms with Gasteiger partial charge in [-0.2, -0.15) is 0 Å². The first kappa shape index (κ1) is 91.5. The zero-order valence-electron chi connectivity index (χ0n) is 60.4. The van der Waals surface area contributed by atoms with Gasteiger partial charge in [0.25, 0.3) is 0 Å². The van der Waals surface area contributed by atoms with Crippen LogP contribution in [-0.2, 0) is 65.4 Å². The summed E-state index contributed by atoms with van der Waals surface area (Å²) >= 11 is 0. The predicted octanol–water partition coefficient (Wildman–Crippen LogP) is 21.8. The largest absolute Gasteiger partial charge is 0.472 e. The Morgan fingerprint density at radius 3 is 0.745 bits per heavy atom. The van der Waals surface area contributed by atoms with E-state index in [1.165, 1.54) is 180 Å². The maximum atomic E-state index is 13.1. The summed E-state index contributed by atoms with van der Waals surface area (Å²) in [6.45, 7) is 4.92. The van der Waals surface area contributed by atoms with E-state index in [0.29, 0.717) is 25.7 Å². The minimum absolute atomic E-state index is 0.0932. The zero-order valence-corrected chi connectivity index (χ0v) is 62.2. The molecule has 0 heterocycles. The van der Waals surface area contributed by atoms with E-state index in [1.807, 2.05) is 0 Å². The summed E-state index contributed by atoms with van der Waals surface area (Å²) in [6.07, 6.45) is 61.6. The van der Waals surface area contributed by atoms with Gasteiger partial charge < -0.3 is 33.8 Å². The zero-order chi connectivity index (χ0) is 69.0. The summed E-state index contributed by atoms with van der Waals surface area (Å²) in [5, 5.41) is 10.6. The van der Waals surface area contributed by atoms with Crippen molar-refractivity contribution in [1.82, 2.24) is 0 Å². The Hall–Kier alpha value is -2.46. The monoisotopic (exact) mass is 1380 g/mol. The van der Waals surface area contributed by atoms with Gasteiger partial charge in [0, 0.05) is 25.7 Å². The molecule has 554 valence electrons. The summed E-state index contributed by atoms with van der Waals surface area (Å²) in [7, 11) is -9.92. The van der Waals surface area contributed by atoms with Crippen LogP contribution in [-0.4, -0.2) is 96.7 Å². The molecule has 0 aliphatic carbocycles. The van der Waals surface area contributed by atoms with Crippen molar-refractivity contribution in [3.63, 3.8) is 0 Å². The van der Waals surface area contributed by atoms with Crippen molar-refractivity contribution in [2.75, 3.05) is 39.6 Å². The molecule has 0 fully saturated rings. The number of carbonyl (C=O) groups is 4. The van der Waals surface area contributed by atoms with Crippen LogP contribution in [0.15, 0.2) is 24.3 Å². The van der Waals surface area contributed by atoms with Crippen LogP contribution in [0.25, 0.3) is 0 Å². The number of aliphatic hydroxyl groups excluding tert-OH is 1. The molecule has 0 aliphatic heterocycles. The first-order valence-corrected chi connectivity index (χ1v) is 41.6. The van der Waals surface area contributed by atoms with E-state index in [9.17, 15) is 43.2 Å². The maximum absolute atomic E-state index is 13.1. The number of phosphoric acid groups is 2. The van der Waals surface area contributed by atoms with Crippen molar-refractivity contribution in [2.45, 2.75) is 393 Å². The molecular formula is C75H142O17P2. The van der Waals surface area contributed by atoms with E-state index in [2.05, 4.69) is 52.0 Å². The lowest BCUT2D eigenvalue weighted by atomic mass is 10.0. The highest BCUT2D eigenvalue weighted by atomic mass is 31.2. The molecule has 94 heavy (non-hydrogen) atoms. The van der Waals surface area contributed by atoms with Crippen LogP contribution in [0.5, 0.6) is 0 Å². The highest BCUT2D eigenvalue weighted by molar-refractivity contribution is 7.47. The Morgan fingerprint density at radius 2 is 0.489 bits per heavy atom. The van der Waals surface area contributed by atoms with Crippen molar-refractivity contribution < 1.29 is 80.2 Å². The molecule has 2 unspecified atom stereocenters. The molecule has 17 nitrogen and oxygen atoms in total. The molecule has 5 atom stereocenters. The molecule has 0 saturated heterocycles. The quantitative estimate of drug-likeness (QED) is 0.0169. The Morgan fingerprint density at radius 1 is 0.287 bits per heavy atom. The molecule has 0 spiro atoms. The van der Waals surface area contributed by atoms with Crippen LogP contribution in [0.3, 0.4) is 0 Å². The number of hydrogen-bond acceptors (Lipinski definition) is 15. The molecule has 0 aromatic heterocycles. The van der Waals surface area contributed by atoms with E-state index in [4.69, 9.17) is 37.0 Å². The van der Waals surface area contributed by atoms with Crippen molar-refractivity contribution in [1.29, 1.82) is 0 Å². The number of esters is 4. The van der Waals surface area contributed by atoms with Crippen LogP contribution in [0, 0.1) is 0 Å². The molecule has 0 amide bonds. The lowest BCUT2D eigenvalue weighted by molar-refractivity contribution is -0.161. The smallest absolute Gasteiger partial charge is 0.462 e. The summed E-state index contributed by atoms with van der Waals surface area (Å²) in [6, 6.07) is 0. The number of unbranched alkanes of at least 4 members (excludes halogenated alkanes) is 44. The highest BCUT2D eigenvalue weighted by Crippen LogP contribution is 2.45. The molecular weight excluding hydrogens is 1230 g/mol. The maximum Gasteiger partial charge on any atom is 0.472 e. The van der Waals surface area contributed by atoms with Gasteiger partial charge in [0.1, 0.15) is 19.3 Å². The van der Waals surface area contributed by atoms with Crippen LogP contribution < -0.4 is 0 Å². The fourth-order valence-corrected chi connectivity index (χ4v) is 12.6. The van der Waals surface area contributed by atoms with E-state index < -0.39 is 97.5 Å². The minimum atomic E-state index is -4.96. The van der Waals surface area contributed by atoms with Gasteiger partial charge in [0.2, 0.25) is 0 Å². The van der Waals surface area contributed by atoms with E-state index >= 15 is 0 Å². The molecule has 0 aromatic carbocycles. The van der Waals surface area contributed by atoms with Gasteiger partial charge in [0.15, 0.2) is 12.2 Å². The Balaban J connectivity index is 5.30. The van der Waals surface area contributed by atoms with Crippen molar-refractivity contribution in [3.05, 3.63) is 24.3 Å². The van der Waals surface area contributed by atoms with Crippen molar-refractivity contribution >= 4 is 39.5 Å². The third kappa shape index (κ3) is 68.1. The number of ether oxygens (including phenoxy) is 4. The molecule has 0 aromatic rings. The first-order valence-electron chi connectivity index (χ1n) is 38.6. The average Bonchev–Trinajstić information content (AvgIpc) is 1.32. The number of rotatable bonds is 74. The van der Waals surface area contributed by atoms with Gasteiger partial charge in [-0.25, -0.2) is 9.13 Å². The van der Waals surface area contributed by atoms with E-state index in [1.54, 1.807) is 0 Å². The summed E-state index contributed by atoms with van der Waals surface area (Å²) in [4.78, 5) is 72.8. The summed E-state index contributed by atoms with van der Waals surface area (Å²) in [5.74, 6) is -2.15. The van der Waals surface area contributed by atoms with Crippen LogP contribution >= 0.6 is 15.6 Å². The number of aliphatic hydroxyl groups is 1. The van der Waals surface area contributed by atoms with Gasteiger partial charge in [-0.15, -0.1) is 0 Å². The van der Waals surface area contributed by atoms with Gasteiger partial charge in [-0.3, -0.25) is 37.3 Å². The third-order valence-corrected chi connectivity index (χ3v) is 18.8. The number of carbonyl (C=O) groups excluding carboxylic acids is 4. The van der Waals surface area contributed by atoms with Crippen LogP contribution in [0.1, 0.15) is 374 Å². The molecule has 0 saturated carbocycles. The van der Waals surface area contributed by atoms with Crippen molar-refractivity contribution in [3.8, 4) is 0 Å². The highest BCUT2D eigenvalue weighted by Gasteiger charge is 2.30. The third-order valence-electron chi connectivity index (χ3n) is 16.9. The molecule has 19 heteroatoms. The lowest BCUT2D eigenvalue weighted by Gasteiger charge is -2.21. The fraction of sp³-hybridized carbons (Fsp3) is 0.893. The van der Waals surface area contributed by atoms with Crippen LogP contribution in [0.2, 0.25) is 0 Å². The number of allylic oxidation sites excluding steroid dienone is 4. The molecule has 0 radical (unpaired) electrons. The van der Waals surface area contributed by atoms with Gasteiger partial charge in [0.05, 0.1) is 26.4 Å². The SMILES string of the molecule is CCCCCC/C=C\CCCCCCCC(=O)O[C@H](COC(=O)CCCCCCCCCCCCCCC)COP(=O)(O)OC[C@H](O)COP(=O)(O)OC[C@@H](COC(=O)CCCCCCCCCCCCCCC)OC(=O)CCCCCCC/C=C\CCCCCCCC. The first-order chi connectivity index (χ1) is 45.7. The summed E-state index contributed by atoms with van der Waals surface area (Å²) in [5.41, 5.74) is 0. The normalized spacial score (nSPS) is 14.1. The second kappa shape index (κ2) is 69.0. The topological polar surface area (TPSA) is 237 Å². The van der Waals surface area contributed by atoms with E-state index in [-0.39, 0.29) is 25.7 Å². The summed E-state index contributed by atoms with van der Waals surface area (Å²) < 4.78 is 68.5. The average molecular weight is 1380 g/mol. The van der Waals surface area contributed by atoms with Gasteiger partial charge >= 0.3 is 39.5 Å². The number of phosphoric ester groups is 2. The molecule has 0 aliphatic rings. The Labute approximate surface area is 573 Å². The van der Waals surface area contributed by atoms with Gasteiger partial charge in [-0.1, -0.05) is 296 Å². The van der Waals surface area contributed by atoms with E-state index in [0.717, 1.165) is 116 Å². The second-order valence-corrected chi connectivity index (χ2v) is 29.2. The van der Waals surface area contributed by atoms with Gasteiger partial charge in [-0.05, 0) is 77.0 Å². The minimum Gasteiger partial charge on any atom is -0.462 e. The Bertz CT molecular complexity index is 1880. The molecule has 3 N–H and O–H groups in total.